The number of amidine groups is 1. The number of piperidine rings is 1. The van der Waals surface area contributed by atoms with Crippen molar-refractivity contribution < 1.29 is 47.7 Å². The van der Waals surface area contributed by atoms with E-state index in [4.69, 9.17) is 39.5 Å². The van der Waals surface area contributed by atoms with Gasteiger partial charge in [-0.2, -0.15) is 4.98 Å². The van der Waals surface area contributed by atoms with Gasteiger partial charge < -0.3 is 49.4 Å². The van der Waals surface area contributed by atoms with E-state index in [1.54, 1.807) is 42.6 Å². The van der Waals surface area contributed by atoms with E-state index in [0.29, 0.717) is 96.6 Å². The Labute approximate surface area is 388 Å². The number of methoxy groups -OCH3 is 1. The number of ether oxygens (including phenoxy) is 5. The molecule has 4 heterocycles. The molecule has 67 heavy (non-hydrogen) atoms. The molecule has 21 heteroatoms. The quantitative estimate of drug-likeness (QED) is 0.0324. The summed E-state index contributed by atoms with van der Waals surface area (Å²) in [6, 6.07) is 9.42. The van der Waals surface area contributed by atoms with Crippen molar-refractivity contribution in [2.75, 3.05) is 86.9 Å². The maximum Gasteiger partial charge on any atom is 0.255 e. The Balaban J connectivity index is 0.732. The van der Waals surface area contributed by atoms with Gasteiger partial charge >= 0.3 is 0 Å². The van der Waals surface area contributed by atoms with Gasteiger partial charge in [0.05, 0.1) is 90.7 Å². The number of carbonyl (C=O) groups excluding carboxylic acids is 5. The van der Waals surface area contributed by atoms with E-state index in [2.05, 4.69) is 31.2 Å². The van der Waals surface area contributed by atoms with Crippen molar-refractivity contribution in [1.82, 2.24) is 25.5 Å². The summed E-state index contributed by atoms with van der Waals surface area (Å²) < 4.78 is 27.9. The number of hydrogen-bond acceptors (Lipinski definition) is 16. The topological polar surface area (TPSA) is 263 Å². The first-order chi connectivity index (χ1) is 32.6. The first-order valence-corrected chi connectivity index (χ1v) is 22.8. The summed E-state index contributed by atoms with van der Waals surface area (Å²) in [6.07, 6.45) is 8.30. The fraction of sp³-hybridized carbons (Fsp3) is 0.500. The molecule has 358 valence electrons. The van der Waals surface area contributed by atoms with Crippen LogP contribution in [0.4, 0.5) is 28.8 Å². The summed E-state index contributed by atoms with van der Waals surface area (Å²) in [6.45, 7) is 4.94. The third-order valence-corrected chi connectivity index (χ3v) is 12.1. The maximum atomic E-state index is 13.0. The minimum absolute atomic E-state index is 0.0930. The largest absolute Gasteiger partial charge is 0.495 e. The van der Waals surface area contributed by atoms with Gasteiger partial charge in [-0.15, -0.1) is 0 Å². The first kappa shape index (κ1) is 48.4. The SMILES string of the molecule is CC[C@@H]1C(=N)N(C=N)c2cnc(Nc3ccc(C(=O)NCCOCCOCCOCCOCCC(=O)Nc4cccc5c4CN(C4CCC(=O)NC4=O)C5=O)cc3OC)nc2N1C1CCCC1. The van der Waals surface area contributed by atoms with Gasteiger partial charge in [-0.1, -0.05) is 25.8 Å². The fourth-order valence-electron chi connectivity index (χ4n) is 8.73. The van der Waals surface area contributed by atoms with E-state index in [-0.39, 0.29) is 87.9 Å². The van der Waals surface area contributed by atoms with Gasteiger partial charge in [0.1, 0.15) is 23.3 Å². The average Bonchev–Trinajstić information content (AvgIpc) is 3.98. The molecule has 1 aromatic heterocycles. The summed E-state index contributed by atoms with van der Waals surface area (Å²) in [7, 11) is 1.52. The van der Waals surface area contributed by atoms with E-state index in [1.165, 1.54) is 16.9 Å². The molecule has 3 aliphatic heterocycles. The Kier molecular flexibility index (Phi) is 16.8. The van der Waals surface area contributed by atoms with E-state index in [1.807, 2.05) is 6.92 Å². The van der Waals surface area contributed by atoms with Crippen LogP contribution in [0.3, 0.4) is 0 Å². The van der Waals surface area contributed by atoms with E-state index in [9.17, 15) is 24.0 Å². The van der Waals surface area contributed by atoms with Crippen molar-refractivity contribution >= 4 is 70.5 Å². The van der Waals surface area contributed by atoms with Crippen LogP contribution in [0.15, 0.2) is 42.6 Å². The molecule has 2 aromatic carbocycles. The Morgan fingerprint density at radius 1 is 0.925 bits per heavy atom. The predicted molar refractivity (Wildman–Crippen MR) is 247 cm³/mol. The number of rotatable bonds is 24. The zero-order valence-electron chi connectivity index (χ0n) is 37.9. The zero-order chi connectivity index (χ0) is 47.3. The van der Waals surface area contributed by atoms with Crippen LogP contribution in [0.1, 0.15) is 84.6 Å². The molecular weight excluding hydrogens is 867 g/mol. The minimum atomic E-state index is -0.737. The van der Waals surface area contributed by atoms with Crippen molar-refractivity contribution in [3.05, 3.63) is 59.3 Å². The molecule has 21 nitrogen and oxygen atoms in total. The molecule has 0 radical (unpaired) electrons. The second kappa shape index (κ2) is 23.3. The van der Waals surface area contributed by atoms with Gasteiger partial charge in [0, 0.05) is 47.9 Å². The number of nitrogens with zero attached hydrogens (tertiary/aromatic N) is 5. The predicted octanol–water partition coefficient (Wildman–Crippen LogP) is 3.75. The molecule has 2 fully saturated rings. The van der Waals surface area contributed by atoms with Gasteiger partial charge in [-0.3, -0.25) is 45.0 Å². The molecule has 4 aliphatic rings. The van der Waals surface area contributed by atoms with Gasteiger partial charge in [-0.05, 0) is 56.0 Å². The molecule has 2 atom stereocenters. The van der Waals surface area contributed by atoms with Crippen LogP contribution in [-0.2, 0) is 39.9 Å². The van der Waals surface area contributed by atoms with Crippen LogP contribution in [-0.4, -0.2) is 141 Å². The highest BCUT2D eigenvalue weighted by atomic mass is 16.6. The number of nitrogens with one attached hydrogen (secondary N) is 6. The molecule has 7 rings (SSSR count). The molecular formula is C46H59N11O10. The lowest BCUT2D eigenvalue weighted by Gasteiger charge is -2.44. The molecule has 1 saturated heterocycles. The fourth-order valence-corrected chi connectivity index (χ4v) is 8.73. The molecule has 1 unspecified atom stereocenters. The van der Waals surface area contributed by atoms with Crippen LogP contribution >= 0.6 is 0 Å². The summed E-state index contributed by atoms with van der Waals surface area (Å²) in [4.78, 5) is 77.2. The summed E-state index contributed by atoms with van der Waals surface area (Å²) in [5.41, 5.74) is 3.12. The van der Waals surface area contributed by atoms with Crippen LogP contribution in [0.25, 0.3) is 0 Å². The van der Waals surface area contributed by atoms with Crippen LogP contribution in [0.5, 0.6) is 5.75 Å². The Bertz CT molecular complexity index is 2310. The first-order valence-electron chi connectivity index (χ1n) is 22.8. The van der Waals surface area contributed by atoms with Gasteiger partial charge in [0.25, 0.3) is 11.8 Å². The zero-order valence-corrected chi connectivity index (χ0v) is 37.9. The number of aromatic nitrogens is 2. The molecule has 6 N–H and O–H groups in total. The number of imide groups is 1. The number of hydrogen-bond donors (Lipinski definition) is 6. The number of fused-ring (bicyclic) bond motifs is 2. The van der Waals surface area contributed by atoms with Gasteiger partial charge in [-0.25, -0.2) is 4.98 Å². The highest BCUT2D eigenvalue weighted by molar-refractivity contribution is 6.16. The lowest BCUT2D eigenvalue weighted by molar-refractivity contribution is -0.137. The average molecular weight is 926 g/mol. The lowest BCUT2D eigenvalue weighted by atomic mass is 10.0. The normalized spacial score (nSPS) is 18.1. The number of carbonyl (C=O) groups is 5. The van der Waals surface area contributed by atoms with E-state index in [0.717, 1.165) is 32.0 Å². The standard InChI is InChI=1S/C46H59N11O10/c1-3-35-41(48)56(28-47)37-26-50-46(54-42(37)57(35)30-7-4-5-8-30)52-34-12-11-29(25-38(34)63-2)43(60)49-16-18-65-20-22-67-24-23-66-21-19-64-17-15-40(59)51-33-10-6-9-31-32(33)27-55(45(31)62)36-13-14-39(58)53-44(36)61/h6,9-12,25-26,28,30,35-36,47-48H,3-5,7-8,13-24,27H2,1-2H3,(H,49,60)(H,51,59)(H,50,52,54)(H,53,58,61)/t35-,36?/m1/s1. The Hall–Kier alpha value is -6.55. The van der Waals surface area contributed by atoms with Crippen molar-refractivity contribution in [2.24, 2.45) is 0 Å². The highest BCUT2D eigenvalue weighted by Gasteiger charge is 2.41. The van der Waals surface area contributed by atoms with Crippen LogP contribution < -0.4 is 35.8 Å². The monoisotopic (exact) mass is 925 g/mol. The number of amides is 5. The van der Waals surface area contributed by atoms with E-state index < -0.39 is 11.9 Å². The third kappa shape index (κ3) is 11.7. The summed E-state index contributed by atoms with van der Waals surface area (Å²) in [5.74, 6) is 0.0655. The number of benzene rings is 2. The Morgan fingerprint density at radius 2 is 1.64 bits per heavy atom. The van der Waals surface area contributed by atoms with Crippen LogP contribution in [0, 0.1) is 10.8 Å². The molecule has 1 aliphatic carbocycles. The van der Waals surface area contributed by atoms with Crippen LogP contribution in [0.2, 0.25) is 0 Å². The summed E-state index contributed by atoms with van der Waals surface area (Å²) in [5, 5.41) is 28.1. The molecule has 3 aromatic rings. The second-order valence-electron chi connectivity index (χ2n) is 16.3. The molecule has 1 saturated carbocycles. The van der Waals surface area contributed by atoms with E-state index >= 15 is 0 Å². The van der Waals surface area contributed by atoms with Gasteiger partial charge in [0.15, 0.2) is 5.82 Å². The smallest absolute Gasteiger partial charge is 0.255 e. The highest BCUT2D eigenvalue weighted by Crippen LogP contribution is 2.41. The summed E-state index contributed by atoms with van der Waals surface area (Å²) >= 11 is 0. The van der Waals surface area contributed by atoms with Crippen molar-refractivity contribution in [1.29, 1.82) is 10.8 Å². The van der Waals surface area contributed by atoms with Crippen molar-refractivity contribution in [3.63, 3.8) is 0 Å². The molecule has 5 amide bonds. The van der Waals surface area contributed by atoms with Crippen molar-refractivity contribution in [2.45, 2.75) is 83.0 Å². The lowest BCUT2D eigenvalue weighted by Crippen LogP contribution is -2.56. The van der Waals surface area contributed by atoms with Crippen molar-refractivity contribution in [3.8, 4) is 5.75 Å². The molecule has 0 spiro atoms. The Morgan fingerprint density at radius 3 is 2.33 bits per heavy atom. The van der Waals surface area contributed by atoms with Gasteiger partial charge in [0.2, 0.25) is 23.7 Å². The minimum Gasteiger partial charge on any atom is -0.495 e. The number of anilines is 5. The second-order valence-corrected chi connectivity index (χ2v) is 16.3. The maximum absolute atomic E-state index is 13.0. The molecule has 0 bridgehead atoms. The third-order valence-electron chi connectivity index (χ3n) is 12.1.